The van der Waals surface area contributed by atoms with Gasteiger partial charge in [-0.25, -0.2) is 4.79 Å². The van der Waals surface area contributed by atoms with Gasteiger partial charge in [0.05, 0.1) is 0 Å². The van der Waals surface area contributed by atoms with Crippen LogP contribution in [0.2, 0.25) is 0 Å². The highest BCUT2D eigenvalue weighted by atomic mass is 32.2. The molecule has 2 aliphatic rings. The molecule has 1 saturated carbocycles. The van der Waals surface area contributed by atoms with Crippen molar-refractivity contribution in [2.75, 3.05) is 18.1 Å². The minimum absolute atomic E-state index is 0.0510. The van der Waals surface area contributed by atoms with E-state index < -0.39 is 0 Å². The van der Waals surface area contributed by atoms with E-state index in [-0.39, 0.29) is 6.03 Å². The van der Waals surface area contributed by atoms with E-state index in [4.69, 9.17) is 0 Å². The molecule has 2 rings (SSSR count). The van der Waals surface area contributed by atoms with Crippen molar-refractivity contribution < 1.29 is 4.79 Å². The molecule has 0 radical (unpaired) electrons. The third kappa shape index (κ3) is 4.78. The van der Waals surface area contributed by atoms with Crippen LogP contribution in [0, 0.1) is 5.92 Å². The molecule has 17 heavy (non-hydrogen) atoms. The van der Waals surface area contributed by atoms with Gasteiger partial charge in [0, 0.05) is 12.6 Å². The zero-order valence-corrected chi connectivity index (χ0v) is 11.4. The highest BCUT2D eigenvalue weighted by molar-refractivity contribution is 7.99. The predicted molar refractivity (Wildman–Crippen MR) is 73.5 cm³/mol. The second-order valence-electron chi connectivity index (χ2n) is 5.25. The molecule has 1 heterocycles. The molecule has 1 aliphatic heterocycles. The molecule has 0 atom stereocenters. The molecule has 0 spiro atoms. The molecule has 0 aromatic heterocycles. The van der Waals surface area contributed by atoms with Gasteiger partial charge in [-0.3, -0.25) is 0 Å². The number of carbonyl (C=O) groups is 1. The number of hydrogen-bond acceptors (Lipinski definition) is 2. The molecule has 1 saturated heterocycles. The maximum absolute atomic E-state index is 11.7. The molecule has 1 aliphatic carbocycles. The van der Waals surface area contributed by atoms with Crippen LogP contribution < -0.4 is 10.6 Å². The van der Waals surface area contributed by atoms with Crippen molar-refractivity contribution in [1.29, 1.82) is 0 Å². The second-order valence-corrected chi connectivity index (χ2v) is 6.47. The normalized spacial score (nSPS) is 23.3. The highest BCUT2D eigenvalue weighted by Crippen LogP contribution is 2.22. The molecule has 4 heteroatoms. The van der Waals surface area contributed by atoms with E-state index in [1.54, 1.807) is 0 Å². The summed E-state index contributed by atoms with van der Waals surface area (Å²) in [7, 11) is 0. The Hall–Kier alpha value is -0.380. The van der Waals surface area contributed by atoms with Gasteiger partial charge in [-0.1, -0.05) is 19.3 Å². The lowest BCUT2D eigenvalue weighted by atomic mass is 9.96. The largest absolute Gasteiger partial charge is 0.338 e. The van der Waals surface area contributed by atoms with Gasteiger partial charge in [0.2, 0.25) is 0 Å². The highest BCUT2D eigenvalue weighted by Gasteiger charge is 2.17. The Morgan fingerprint density at radius 2 is 1.76 bits per heavy atom. The van der Waals surface area contributed by atoms with Crippen molar-refractivity contribution in [2.24, 2.45) is 5.92 Å². The summed E-state index contributed by atoms with van der Waals surface area (Å²) in [5.41, 5.74) is 0. The minimum atomic E-state index is 0.0510. The first kappa shape index (κ1) is 13.1. The molecule has 0 aromatic rings. The molecule has 0 aromatic carbocycles. The van der Waals surface area contributed by atoms with Crippen LogP contribution in [0.25, 0.3) is 0 Å². The zero-order valence-electron chi connectivity index (χ0n) is 10.5. The monoisotopic (exact) mass is 256 g/mol. The lowest BCUT2D eigenvalue weighted by Gasteiger charge is -2.25. The molecule has 3 nitrogen and oxygen atoms in total. The molecule has 0 bridgehead atoms. The first-order valence-corrected chi connectivity index (χ1v) is 8.12. The average Bonchev–Trinajstić information content (AvgIpc) is 2.39. The van der Waals surface area contributed by atoms with Crippen molar-refractivity contribution in [3.05, 3.63) is 0 Å². The fourth-order valence-corrected chi connectivity index (χ4v) is 3.88. The van der Waals surface area contributed by atoms with E-state index in [0.717, 1.165) is 19.4 Å². The maximum atomic E-state index is 11.7. The molecular weight excluding hydrogens is 232 g/mol. The number of amides is 2. The predicted octanol–water partition coefficient (Wildman–Crippen LogP) is 2.76. The van der Waals surface area contributed by atoms with E-state index >= 15 is 0 Å². The Bertz CT molecular complexity index is 236. The van der Waals surface area contributed by atoms with Crippen molar-refractivity contribution >= 4 is 17.8 Å². The summed E-state index contributed by atoms with van der Waals surface area (Å²) in [5.74, 6) is 3.22. The molecule has 0 unspecified atom stereocenters. The van der Waals surface area contributed by atoms with E-state index in [1.165, 1.54) is 43.6 Å². The smallest absolute Gasteiger partial charge is 0.315 e. The Labute approximate surface area is 108 Å². The summed E-state index contributed by atoms with van der Waals surface area (Å²) in [6.45, 7) is 0.860. The van der Waals surface area contributed by atoms with Gasteiger partial charge in [-0.05, 0) is 43.1 Å². The van der Waals surface area contributed by atoms with Crippen molar-refractivity contribution in [3.8, 4) is 0 Å². The van der Waals surface area contributed by atoms with Gasteiger partial charge in [0.1, 0.15) is 0 Å². The fraction of sp³-hybridized carbons (Fsp3) is 0.923. The van der Waals surface area contributed by atoms with Gasteiger partial charge >= 0.3 is 6.03 Å². The maximum Gasteiger partial charge on any atom is 0.315 e. The summed E-state index contributed by atoms with van der Waals surface area (Å²) in [6, 6.07) is 0.473. The Balaban J connectivity index is 1.59. The number of carbonyl (C=O) groups excluding carboxylic acids is 1. The summed E-state index contributed by atoms with van der Waals surface area (Å²) in [4.78, 5) is 11.7. The van der Waals surface area contributed by atoms with Crippen LogP contribution >= 0.6 is 11.8 Å². The average molecular weight is 256 g/mol. The van der Waals surface area contributed by atoms with Crippen molar-refractivity contribution in [3.63, 3.8) is 0 Å². The zero-order chi connectivity index (χ0) is 11.9. The minimum Gasteiger partial charge on any atom is -0.338 e. The molecule has 2 N–H and O–H groups in total. The summed E-state index contributed by atoms with van der Waals surface area (Å²) >= 11 is 2.03. The second kappa shape index (κ2) is 7.14. The van der Waals surface area contributed by atoms with Gasteiger partial charge in [-0.2, -0.15) is 11.8 Å². The van der Waals surface area contributed by atoms with E-state index in [1.807, 2.05) is 11.8 Å². The number of nitrogens with one attached hydrogen (secondary N) is 2. The van der Waals surface area contributed by atoms with Gasteiger partial charge in [0.15, 0.2) is 0 Å². The van der Waals surface area contributed by atoms with Gasteiger partial charge in [0.25, 0.3) is 0 Å². The molecule has 2 amide bonds. The summed E-state index contributed by atoms with van der Waals surface area (Å²) < 4.78 is 0. The van der Waals surface area contributed by atoms with Gasteiger partial charge < -0.3 is 10.6 Å². The van der Waals surface area contributed by atoms with Crippen LogP contribution in [0.4, 0.5) is 4.79 Å². The fourth-order valence-electron chi connectivity index (χ4n) is 2.67. The summed E-state index contributed by atoms with van der Waals surface area (Å²) in [6.07, 6.45) is 8.71. The van der Waals surface area contributed by atoms with Crippen LogP contribution in [0.3, 0.4) is 0 Å². The quantitative estimate of drug-likeness (QED) is 0.815. The SMILES string of the molecule is O=C(NCC1CCSCC1)NC1CCCCC1. The lowest BCUT2D eigenvalue weighted by Crippen LogP contribution is -2.44. The first-order valence-electron chi connectivity index (χ1n) is 6.96. The van der Waals surface area contributed by atoms with Crippen LogP contribution in [0.15, 0.2) is 0 Å². The van der Waals surface area contributed by atoms with Gasteiger partial charge in [-0.15, -0.1) is 0 Å². The third-order valence-electron chi connectivity index (χ3n) is 3.83. The Kier molecular flexibility index (Phi) is 5.49. The third-order valence-corrected chi connectivity index (χ3v) is 4.88. The number of rotatable bonds is 3. The molecule has 98 valence electrons. The van der Waals surface area contributed by atoms with E-state index in [0.29, 0.717) is 12.0 Å². The van der Waals surface area contributed by atoms with E-state index in [9.17, 15) is 4.79 Å². The van der Waals surface area contributed by atoms with Crippen LogP contribution in [-0.4, -0.2) is 30.1 Å². The number of urea groups is 1. The standard InChI is InChI=1S/C13H24N2OS/c16-13(15-12-4-2-1-3-5-12)14-10-11-6-8-17-9-7-11/h11-12H,1-10H2,(H2,14,15,16). The Morgan fingerprint density at radius 3 is 2.47 bits per heavy atom. The first-order chi connectivity index (χ1) is 8.34. The number of hydrogen-bond donors (Lipinski definition) is 2. The molecule has 2 fully saturated rings. The number of thioether (sulfide) groups is 1. The van der Waals surface area contributed by atoms with Crippen LogP contribution in [0.1, 0.15) is 44.9 Å². The topological polar surface area (TPSA) is 41.1 Å². The lowest BCUT2D eigenvalue weighted by molar-refractivity contribution is 0.230. The van der Waals surface area contributed by atoms with E-state index in [2.05, 4.69) is 10.6 Å². The summed E-state index contributed by atoms with van der Waals surface area (Å²) in [5, 5.41) is 6.14. The Morgan fingerprint density at radius 1 is 1.06 bits per heavy atom. The van der Waals surface area contributed by atoms with Crippen LogP contribution in [0.5, 0.6) is 0 Å². The van der Waals surface area contributed by atoms with Crippen LogP contribution in [-0.2, 0) is 0 Å². The molecular formula is C13H24N2OS. The van der Waals surface area contributed by atoms with Crippen molar-refractivity contribution in [2.45, 2.75) is 51.0 Å². The van der Waals surface area contributed by atoms with Crippen molar-refractivity contribution in [1.82, 2.24) is 10.6 Å².